The highest BCUT2D eigenvalue weighted by molar-refractivity contribution is 9.10. The van der Waals surface area contributed by atoms with Crippen LogP contribution in [0.15, 0.2) is 40.4 Å². The van der Waals surface area contributed by atoms with E-state index in [1.807, 2.05) is 48.7 Å². The van der Waals surface area contributed by atoms with Crippen molar-refractivity contribution in [2.24, 2.45) is 0 Å². The minimum atomic E-state index is -4.65. The number of halogens is 4. The predicted octanol–water partition coefficient (Wildman–Crippen LogP) is 5.27. The van der Waals surface area contributed by atoms with Gasteiger partial charge in [0.2, 0.25) is 10.1 Å². The highest BCUT2D eigenvalue weighted by Crippen LogP contribution is 2.33. The molecule has 0 saturated heterocycles. The number of aryl methyl sites for hydroxylation is 1. The first-order valence-electron chi connectivity index (χ1n) is 8.39. The highest BCUT2D eigenvalue weighted by atomic mass is 79.9. The molecule has 30 heavy (non-hydrogen) atoms. The molecule has 3 aromatic rings. The molecule has 2 heterocycles. The first kappa shape index (κ1) is 21.7. The van der Waals surface area contributed by atoms with Gasteiger partial charge in [0.05, 0.1) is 0 Å². The van der Waals surface area contributed by atoms with Gasteiger partial charge in [0, 0.05) is 21.5 Å². The second-order valence-electron chi connectivity index (χ2n) is 6.17. The standard InChI is InChI=1S/C19H13BrF3N5OS/c1-10-7-12(11(2)28(10)15-5-3-14(20)4-6-15)8-13(9-24)16(29)25-18-27-26-17(30-18)19(21,22)23/h3-8H,1-2H3,(H,25,27,29)/b13-8-. The molecule has 1 N–H and O–H groups in total. The Bertz CT molecular complexity index is 1170. The maximum absolute atomic E-state index is 12.6. The Balaban J connectivity index is 1.88. The maximum atomic E-state index is 12.6. The van der Waals surface area contributed by atoms with Crippen LogP contribution in [0.3, 0.4) is 0 Å². The number of carbonyl (C=O) groups is 1. The van der Waals surface area contributed by atoms with Crippen molar-refractivity contribution >= 4 is 44.4 Å². The first-order chi connectivity index (χ1) is 14.1. The van der Waals surface area contributed by atoms with Crippen LogP contribution in [0.1, 0.15) is 22.0 Å². The van der Waals surface area contributed by atoms with Crippen molar-refractivity contribution in [3.63, 3.8) is 0 Å². The number of rotatable bonds is 4. The van der Waals surface area contributed by atoms with E-state index in [9.17, 15) is 23.2 Å². The van der Waals surface area contributed by atoms with Gasteiger partial charge in [-0.15, -0.1) is 10.2 Å². The van der Waals surface area contributed by atoms with Crippen LogP contribution in [-0.4, -0.2) is 20.7 Å². The van der Waals surface area contributed by atoms with Crippen LogP contribution in [0.25, 0.3) is 11.8 Å². The Morgan fingerprint density at radius 3 is 2.50 bits per heavy atom. The van der Waals surface area contributed by atoms with Crippen molar-refractivity contribution in [1.29, 1.82) is 5.26 Å². The Hall–Kier alpha value is -2.97. The van der Waals surface area contributed by atoms with Gasteiger partial charge in [0.15, 0.2) is 0 Å². The van der Waals surface area contributed by atoms with E-state index in [1.54, 1.807) is 6.07 Å². The number of aromatic nitrogens is 3. The zero-order chi connectivity index (χ0) is 22.1. The normalized spacial score (nSPS) is 12.0. The van der Waals surface area contributed by atoms with Crippen LogP contribution >= 0.6 is 27.3 Å². The zero-order valence-electron chi connectivity index (χ0n) is 15.6. The molecule has 0 unspecified atom stereocenters. The lowest BCUT2D eigenvalue weighted by atomic mass is 10.1. The Morgan fingerprint density at radius 2 is 1.93 bits per heavy atom. The van der Waals surface area contributed by atoms with Crippen molar-refractivity contribution in [1.82, 2.24) is 14.8 Å². The van der Waals surface area contributed by atoms with Gasteiger partial charge in [-0.25, -0.2) is 0 Å². The van der Waals surface area contributed by atoms with Gasteiger partial charge >= 0.3 is 6.18 Å². The summed E-state index contributed by atoms with van der Waals surface area (Å²) in [5.41, 5.74) is 2.96. The number of amides is 1. The monoisotopic (exact) mass is 495 g/mol. The van der Waals surface area contributed by atoms with Crippen molar-refractivity contribution in [2.45, 2.75) is 20.0 Å². The van der Waals surface area contributed by atoms with E-state index in [2.05, 4.69) is 31.4 Å². The zero-order valence-corrected chi connectivity index (χ0v) is 18.0. The van der Waals surface area contributed by atoms with E-state index >= 15 is 0 Å². The van der Waals surface area contributed by atoms with Crippen LogP contribution in [0.5, 0.6) is 0 Å². The van der Waals surface area contributed by atoms with Crippen LogP contribution in [0.2, 0.25) is 0 Å². The molecule has 1 amide bonds. The summed E-state index contributed by atoms with van der Waals surface area (Å²) in [6.07, 6.45) is -3.27. The largest absolute Gasteiger partial charge is 0.445 e. The van der Waals surface area contributed by atoms with Gasteiger partial charge in [-0.05, 0) is 55.8 Å². The summed E-state index contributed by atoms with van der Waals surface area (Å²) in [7, 11) is 0. The molecule has 11 heteroatoms. The van der Waals surface area contributed by atoms with E-state index < -0.39 is 17.1 Å². The lowest BCUT2D eigenvalue weighted by Gasteiger charge is -2.09. The van der Waals surface area contributed by atoms with E-state index in [1.165, 1.54) is 6.08 Å². The first-order valence-corrected chi connectivity index (χ1v) is 10.00. The third-order valence-electron chi connectivity index (χ3n) is 4.11. The van der Waals surface area contributed by atoms with Crippen molar-refractivity contribution in [2.75, 3.05) is 5.32 Å². The quantitative estimate of drug-likeness (QED) is 0.394. The SMILES string of the molecule is Cc1cc(/C=C(/C#N)C(=O)Nc2nnc(C(F)(F)F)s2)c(C)n1-c1ccc(Br)cc1. The van der Waals surface area contributed by atoms with Crippen LogP contribution < -0.4 is 5.32 Å². The Kier molecular flexibility index (Phi) is 6.09. The Labute approximate surface area is 181 Å². The fourth-order valence-corrected chi connectivity index (χ4v) is 3.65. The maximum Gasteiger partial charge on any atom is 0.445 e. The number of anilines is 1. The number of alkyl halides is 3. The number of hydrogen-bond donors (Lipinski definition) is 1. The third kappa shape index (κ3) is 4.60. The van der Waals surface area contributed by atoms with Crippen molar-refractivity contribution in [3.8, 4) is 11.8 Å². The van der Waals surface area contributed by atoms with Gasteiger partial charge in [0.25, 0.3) is 5.91 Å². The summed E-state index contributed by atoms with van der Waals surface area (Å²) < 4.78 is 40.8. The highest BCUT2D eigenvalue weighted by Gasteiger charge is 2.35. The summed E-state index contributed by atoms with van der Waals surface area (Å²) in [5, 5.41) is 16.3. The van der Waals surface area contributed by atoms with E-state index in [0.717, 1.165) is 21.5 Å². The fraction of sp³-hybridized carbons (Fsp3) is 0.158. The van der Waals surface area contributed by atoms with E-state index in [-0.39, 0.29) is 22.0 Å². The molecule has 0 fully saturated rings. The third-order valence-corrected chi connectivity index (χ3v) is 5.52. The topological polar surface area (TPSA) is 83.6 Å². The van der Waals surface area contributed by atoms with Crippen LogP contribution in [-0.2, 0) is 11.0 Å². The molecule has 0 atom stereocenters. The molecule has 0 spiro atoms. The summed E-state index contributed by atoms with van der Waals surface area (Å²) in [6.45, 7) is 3.73. The molecule has 0 aliphatic heterocycles. The number of nitriles is 1. The molecular weight excluding hydrogens is 483 g/mol. The van der Waals surface area contributed by atoms with Crippen molar-refractivity contribution < 1.29 is 18.0 Å². The number of hydrogen-bond acceptors (Lipinski definition) is 5. The molecular formula is C19H13BrF3N5OS. The smallest absolute Gasteiger partial charge is 0.318 e. The molecule has 0 aliphatic rings. The van der Waals surface area contributed by atoms with Gasteiger partial charge in [0.1, 0.15) is 11.6 Å². The average Bonchev–Trinajstić information content (AvgIpc) is 3.25. The lowest BCUT2D eigenvalue weighted by molar-refractivity contribution is -0.138. The average molecular weight is 496 g/mol. The number of nitrogens with zero attached hydrogens (tertiary/aromatic N) is 4. The van der Waals surface area contributed by atoms with Gasteiger partial charge in [-0.1, -0.05) is 27.3 Å². The Morgan fingerprint density at radius 1 is 1.27 bits per heavy atom. The number of nitrogens with one attached hydrogen (secondary N) is 1. The summed E-state index contributed by atoms with van der Waals surface area (Å²) in [6, 6.07) is 11.2. The van der Waals surface area contributed by atoms with Crippen LogP contribution in [0, 0.1) is 25.2 Å². The second-order valence-corrected chi connectivity index (χ2v) is 8.07. The fourth-order valence-electron chi connectivity index (χ4n) is 2.78. The van der Waals surface area contributed by atoms with Gasteiger partial charge in [-0.2, -0.15) is 18.4 Å². The molecule has 154 valence electrons. The molecule has 0 radical (unpaired) electrons. The molecule has 0 bridgehead atoms. The van der Waals surface area contributed by atoms with Gasteiger partial charge in [-0.3, -0.25) is 10.1 Å². The van der Waals surface area contributed by atoms with Gasteiger partial charge < -0.3 is 4.57 Å². The lowest BCUT2D eigenvalue weighted by Crippen LogP contribution is -2.13. The second kappa shape index (κ2) is 8.41. The molecule has 2 aromatic heterocycles. The van der Waals surface area contributed by atoms with E-state index in [4.69, 9.17) is 0 Å². The minimum Gasteiger partial charge on any atom is -0.318 e. The summed E-state index contributed by atoms with van der Waals surface area (Å²) in [4.78, 5) is 12.4. The van der Waals surface area contributed by atoms with Crippen molar-refractivity contribution in [3.05, 3.63) is 62.3 Å². The molecule has 0 saturated carbocycles. The molecule has 3 rings (SSSR count). The molecule has 1 aromatic carbocycles. The van der Waals surface area contributed by atoms with Crippen LogP contribution in [0.4, 0.5) is 18.3 Å². The van der Waals surface area contributed by atoms with E-state index in [0.29, 0.717) is 5.56 Å². The number of benzene rings is 1. The molecule has 0 aliphatic carbocycles. The number of carbonyl (C=O) groups excluding carboxylic acids is 1. The molecule has 6 nitrogen and oxygen atoms in total. The predicted molar refractivity (Wildman–Crippen MR) is 110 cm³/mol. The summed E-state index contributed by atoms with van der Waals surface area (Å²) >= 11 is 3.57. The minimum absolute atomic E-state index is 0.187. The summed E-state index contributed by atoms with van der Waals surface area (Å²) in [5.74, 6) is -0.865.